The lowest BCUT2D eigenvalue weighted by Gasteiger charge is -2.34. The zero-order valence-electron chi connectivity index (χ0n) is 13.3. The van der Waals surface area contributed by atoms with Crippen molar-refractivity contribution in [3.8, 4) is 5.75 Å². The molecule has 0 radical (unpaired) electrons. The van der Waals surface area contributed by atoms with E-state index >= 15 is 0 Å². The highest BCUT2D eigenvalue weighted by Gasteiger charge is 2.37. The molecule has 0 N–H and O–H groups in total. The van der Waals surface area contributed by atoms with Gasteiger partial charge in [-0.1, -0.05) is 12.1 Å². The van der Waals surface area contributed by atoms with E-state index in [4.69, 9.17) is 9.47 Å². The molecule has 0 aromatic heterocycles. The Hall–Kier alpha value is -1.75. The zero-order chi connectivity index (χ0) is 15.5. The van der Waals surface area contributed by atoms with Crippen LogP contribution in [0.25, 0.3) is 0 Å². The SMILES string of the molecule is COC(=O)N1C[C@@H]2CC[C@H]1CN(Cc1ccc(OC)cc1)C2. The minimum atomic E-state index is -0.180. The van der Waals surface area contributed by atoms with Crippen LogP contribution in [0.2, 0.25) is 0 Å². The number of methoxy groups -OCH3 is 2. The summed E-state index contributed by atoms with van der Waals surface area (Å²) in [4.78, 5) is 16.3. The number of fused-ring (bicyclic) bond motifs is 4. The van der Waals surface area contributed by atoms with Crippen LogP contribution in [-0.4, -0.2) is 55.8 Å². The first kappa shape index (κ1) is 15.2. The van der Waals surface area contributed by atoms with E-state index < -0.39 is 0 Å². The first-order valence-corrected chi connectivity index (χ1v) is 7.89. The van der Waals surface area contributed by atoms with Crippen LogP contribution in [0.1, 0.15) is 18.4 Å². The highest BCUT2D eigenvalue weighted by atomic mass is 16.5. The van der Waals surface area contributed by atoms with Crippen molar-refractivity contribution in [2.24, 2.45) is 5.92 Å². The van der Waals surface area contributed by atoms with Crippen LogP contribution in [0.5, 0.6) is 5.75 Å². The van der Waals surface area contributed by atoms with Crippen LogP contribution in [-0.2, 0) is 11.3 Å². The van der Waals surface area contributed by atoms with Crippen molar-refractivity contribution >= 4 is 6.09 Å². The Morgan fingerprint density at radius 1 is 1.14 bits per heavy atom. The number of rotatable bonds is 3. The second-order valence-corrected chi connectivity index (χ2v) is 6.26. The topological polar surface area (TPSA) is 42.0 Å². The van der Waals surface area contributed by atoms with Crippen molar-refractivity contribution in [1.82, 2.24) is 9.80 Å². The van der Waals surface area contributed by atoms with E-state index in [-0.39, 0.29) is 12.1 Å². The van der Waals surface area contributed by atoms with Crippen LogP contribution in [0, 0.1) is 5.92 Å². The lowest BCUT2D eigenvalue weighted by Crippen LogP contribution is -2.47. The van der Waals surface area contributed by atoms with Crippen molar-refractivity contribution in [2.75, 3.05) is 33.9 Å². The minimum absolute atomic E-state index is 0.180. The largest absolute Gasteiger partial charge is 0.497 e. The number of ether oxygens (including phenoxy) is 2. The Morgan fingerprint density at radius 2 is 1.91 bits per heavy atom. The van der Waals surface area contributed by atoms with Gasteiger partial charge in [0, 0.05) is 32.2 Å². The molecule has 1 amide bonds. The third-order valence-corrected chi connectivity index (χ3v) is 4.76. The van der Waals surface area contributed by atoms with Crippen LogP contribution in [0.4, 0.5) is 4.79 Å². The Balaban J connectivity index is 1.67. The summed E-state index contributed by atoms with van der Waals surface area (Å²) in [6.07, 6.45) is 2.11. The van der Waals surface area contributed by atoms with Gasteiger partial charge in [-0.2, -0.15) is 0 Å². The quantitative estimate of drug-likeness (QED) is 0.860. The summed E-state index contributed by atoms with van der Waals surface area (Å²) in [5.41, 5.74) is 1.28. The monoisotopic (exact) mass is 304 g/mol. The average molecular weight is 304 g/mol. The molecule has 3 heterocycles. The van der Waals surface area contributed by atoms with Crippen LogP contribution < -0.4 is 4.74 Å². The number of hydrogen-bond acceptors (Lipinski definition) is 4. The molecule has 0 saturated carbocycles. The smallest absolute Gasteiger partial charge is 0.409 e. The maximum Gasteiger partial charge on any atom is 0.409 e. The van der Waals surface area contributed by atoms with E-state index in [1.54, 1.807) is 7.11 Å². The minimum Gasteiger partial charge on any atom is -0.497 e. The lowest BCUT2D eigenvalue weighted by molar-refractivity contribution is 0.0833. The van der Waals surface area contributed by atoms with Crippen molar-refractivity contribution in [3.05, 3.63) is 29.8 Å². The van der Waals surface area contributed by atoms with Gasteiger partial charge in [-0.3, -0.25) is 4.90 Å². The van der Waals surface area contributed by atoms with Gasteiger partial charge in [-0.05, 0) is 36.5 Å². The predicted molar refractivity (Wildman–Crippen MR) is 83.9 cm³/mol. The third-order valence-electron chi connectivity index (χ3n) is 4.76. The number of carbonyl (C=O) groups is 1. The number of benzene rings is 1. The van der Waals surface area contributed by atoms with E-state index in [2.05, 4.69) is 17.0 Å². The lowest BCUT2D eigenvalue weighted by atomic mass is 9.95. The Bertz CT molecular complexity index is 517. The number of nitrogens with zero attached hydrogens (tertiary/aromatic N) is 2. The summed E-state index contributed by atoms with van der Waals surface area (Å²) in [5, 5.41) is 0. The number of piperidine rings is 1. The molecule has 4 rings (SSSR count). The molecule has 22 heavy (non-hydrogen) atoms. The summed E-state index contributed by atoms with van der Waals surface area (Å²) in [6.45, 7) is 3.73. The van der Waals surface area contributed by atoms with E-state index in [0.29, 0.717) is 5.92 Å². The van der Waals surface area contributed by atoms with Crippen molar-refractivity contribution in [1.29, 1.82) is 0 Å². The van der Waals surface area contributed by atoms with Gasteiger partial charge in [-0.25, -0.2) is 4.79 Å². The van der Waals surface area contributed by atoms with E-state index in [1.165, 1.54) is 19.1 Å². The van der Waals surface area contributed by atoms with Gasteiger partial charge < -0.3 is 14.4 Å². The predicted octanol–water partition coefficient (Wildman–Crippen LogP) is 2.36. The van der Waals surface area contributed by atoms with Gasteiger partial charge in [0.15, 0.2) is 0 Å². The van der Waals surface area contributed by atoms with Gasteiger partial charge >= 0.3 is 6.09 Å². The Morgan fingerprint density at radius 3 is 2.59 bits per heavy atom. The van der Waals surface area contributed by atoms with Crippen LogP contribution in [0.15, 0.2) is 24.3 Å². The Labute approximate surface area is 131 Å². The number of amides is 1. The van der Waals surface area contributed by atoms with Gasteiger partial charge in [0.1, 0.15) is 5.75 Å². The highest BCUT2D eigenvalue weighted by Crippen LogP contribution is 2.29. The second kappa shape index (κ2) is 6.57. The molecular formula is C17H24N2O3. The molecule has 1 aromatic carbocycles. The normalized spacial score (nSPS) is 24.9. The van der Waals surface area contributed by atoms with Gasteiger partial charge in [0.25, 0.3) is 0 Å². The summed E-state index contributed by atoms with van der Waals surface area (Å²) in [6, 6.07) is 8.52. The fraction of sp³-hybridized carbons (Fsp3) is 0.588. The van der Waals surface area contributed by atoms with Crippen molar-refractivity contribution in [2.45, 2.75) is 25.4 Å². The molecule has 3 aliphatic heterocycles. The average Bonchev–Trinajstić information content (AvgIpc) is 2.85. The Kier molecular flexibility index (Phi) is 4.52. The molecule has 0 aliphatic carbocycles. The molecule has 2 atom stereocenters. The van der Waals surface area contributed by atoms with Crippen molar-refractivity contribution in [3.63, 3.8) is 0 Å². The van der Waals surface area contributed by atoms with E-state index in [9.17, 15) is 4.79 Å². The molecule has 2 bridgehead atoms. The molecule has 120 valence electrons. The maximum atomic E-state index is 11.9. The zero-order valence-corrected chi connectivity index (χ0v) is 13.3. The fourth-order valence-electron chi connectivity index (χ4n) is 3.64. The number of hydrogen-bond donors (Lipinski definition) is 0. The van der Waals surface area contributed by atoms with Crippen LogP contribution in [0.3, 0.4) is 0 Å². The molecule has 3 aliphatic rings. The van der Waals surface area contributed by atoms with E-state index in [1.807, 2.05) is 17.0 Å². The second-order valence-electron chi connectivity index (χ2n) is 6.26. The number of carbonyl (C=O) groups excluding carboxylic acids is 1. The summed E-state index contributed by atoms with van der Waals surface area (Å²) < 4.78 is 10.1. The summed E-state index contributed by atoms with van der Waals surface area (Å²) in [7, 11) is 3.15. The van der Waals surface area contributed by atoms with E-state index in [0.717, 1.165) is 38.3 Å². The molecular weight excluding hydrogens is 280 g/mol. The molecule has 1 aromatic rings. The molecule has 5 nitrogen and oxygen atoms in total. The highest BCUT2D eigenvalue weighted by molar-refractivity contribution is 5.68. The van der Waals surface area contributed by atoms with Gasteiger partial charge in [-0.15, -0.1) is 0 Å². The van der Waals surface area contributed by atoms with Gasteiger partial charge in [0.2, 0.25) is 0 Å². The van der Waals surface area contributed by atoms with Crippen molar-refractivity contribution < 1.29 is 14.3 Å². The molecule has 5 heteroatoms. The first-order chi connectivity index (χ1) is 10.7. The summed E-state index contributed by atoms with van der Waals surface area (Å²) in [5.74, 6) is 1.44. The first-order valence-electron chi connectivity index (χ1n) is 7.89. The molecule has 3 saturated heterocycles. The van der Waals surface area contributed by atoms with Gasteiger partial charge in [0.05, 0.1) is 14.2 Å². The molecule has 0 unspecified atom stereocenters. The molecule has 3 fully saturated rings. The standard InChI is InChI=1S/C17H24N2O3/c1-21-16-7-4-13(5-8-16)9-18-10-14-3-6-15(12-18)19(11-14)17(20)22-2/h4-5,7-8,14-15H,3,6,9-12H2,1-2H3/t14-,15+/m1/s1. The maximum absolute atomic E-state index is 11.9. The third kappa shape index (κ3) is 3.19. The molecule has 0 spiro atoms. The summed E-state index contributed by atoms with van der Waals surface area (Å²) >= 11 is 0. The van der Waals surface area contributed by atoms with Crippen LogP contribution >= 0.6 is 0 Å². The fourth-order valence-corrected chi connectivity index (χ4v) is 3.64.